The molecule has 4 heteroatoms. The van der Waals surface area contributed by atoms with Crippen molar-refractivity contribution in [2.45, 2.75) is 13.3 Å². The number of hydrogen-bond acceptors (Lipinski definition) is 2. The van der Waals surface area contributed by atoms with E-state index in [0.717, 1.165) is 17.7 Å². The normalized spacial score (nSPS) is 10.4. The Morgan fingerprint density at radius 2 is 2.00 bits per heavy atom. The van der Waals surface area contributed by atoms with Gasteiger partial charge in [-0.2, -0.15) is 0 Å². The van der Waals surface area contributed by atoms with Crippen LogP contribution in [-0.2, 0) is 6.42 Å². The average molecular weight is 230 g/mol. The lowest BCUT2D eigenvalue weighted by atomic mass is 10.1. The average Bonchev–Trinajstić information content (AvgIpc) is 2.71. The Morgan fingerprint density at radius 1 is 1.35 bits per heavy atom. The predicted molar refractivity (Wildman–Crippen MR) is 67.0 cm³/mol. The summed E-state index contributed by atoms with van der Waals surface area (Å²) >= 11 is 0. The maximum Gasteiger partial charge on any atom is 0.339 e. The Labute approximate surface area is 99.1 Å². The second-order valence-electron chi connectivity index (χ2n) is 3.87. The number of nitrogens with one attached hydrogen (secondary N) is 1. The van der Waals surface area contributed by atoms with Gasteiger partial charge in [-0.3, -0.25) is 0 Å². The van der Waals surface area contributed by atoms with Gasteiger partial charge in [0.05, 0.1) is 0 Å². The van der Waals surface area contributed by atoms with Crippen LogP contribution >= 0.6 is 0 Å². The van der Waals surface area contributed by atoms with Gasteiger partial charge >= 0.3 is 5.97 Å². The van der Waals surface area contributed by atoms with Crippen molar-refractivity contribution < 1.29 is 9.90 Å². The number of aromatic amines is 1. The summed E-state index contributed by atoms with van der Waals surface area (Å²) in [6.45, 7) is 2.09. The lowest BCUT2D eigenvalue weighted by Gasteiger charge is -1.99. The molecule has 0 aliphatic carbocycles. The van der Waals surface area contributed by atoms with Gasteiger partial charge in [-0.25, -0.2) is 4.79 Å². The van der Waals surface area contributed by atoms with Gasteiger partial charge in [0, 0.05) is 5.69 Å². The minimum atomic E-state index is -1.02. The van der Waals surface area contributed by atoms with Crippen molar-refractivity contribution in [3.05, 3.63) is 41.5 Å². The van der Waals surface area contributed by atoms with Gasteiger partial charge < -0.3 is 15.8 Å². The van der Waals surface area contributed by atoms with E-state index in [9.17, 15) is 4.79 Å². The molecule has 1 aromatic heterocycles. The highest BCUT2D eigenvalue weighted by molar-refractivity contribution is 5.94. The fourth-order valence-corrected chi connectivity index (χ4v) is 1.72. The van der Waals surface area contributed by atoms with Gasteiger partial charge in [0.15, 0.2) is 0 Å². The molecule has 88 valence electrons. The van der Waals surface area contributed by atoms with Gasteiger partial charge in [0.25, 0.3) is 0 Å². The zero-order valence-electron chi connectivity index (χ0n) is 9.53. The Kier molecular flexibility index (Phi) is 2.87. The summed E-state index contributed by atoms with van der Waals surface area (Å²) in [7, 11) is 0. The number of rotatable bonds is 3. The number of carbonyl (C=O) groups is 1. The summed E-state index contributed by atoms with van der Waals surface area (Å²) in [6.07, 6.45) is 0.980. The molecule has 1 heterocycles. The molecule has 2 aromatic rings. The van der Waals surface area contributed by atoms with E-state index in [1.54, 1.807) is 6.07 Å². The molecule has 0 bridgehead atoms. The van der Waals surface area contributed by atoms with Crippen LogP contribution < -0.4 is 5.73 Å². The van der Waals surface area contributed by atoms with Crippen LogP contribution in [0.5, 0.6) is 0 Å². The van der Waals surface area contributed by atoms with Crippen LogP contribution in [0.15, 0.2) is 30.3 Å². The lowest BCUT2D eigenvalue weighted by Crippen LogP contribution is -1.98. The summed E-state index contributed by atoms with van der Waals surface area (Å²) in [5.41, 5.74) is 8.61. The Balaban J connectivity index is 2.39. The van der Waals surface area contributed by atoms with E-state index in [2.05, 4.69) is 11.9 Å². The highest BCUT2D eigenvalue weighted by atomic mass is 16.4. The van der Waals surface area contributed by atoms with Gasteiger partial charge in [-0.05, 0) is 23.6 Å². The molecule has 0 amide bonds. The zero-order valence-corrected chi connectivity index (χ0v) is 9.53. The van der Waals surface area contributed by atoms with Crippen molar-refractivity contribution in [2.75, 3.05) is 5.73 Å². The fraction of sp³-hybridized carbons (Fsp3) is 0.154. The molecule has 0 fully saturated rings. The number of aromatic carboxylic acids is 1. The van der Waals surface area contributed by atoms with Crippen molar-refractivity contribution in [2.24, 2.45) is 0 Å². The van der Waals surface area contributed by atoms with E-state index in [4.69, 9.17) is 10.8 Å². The first-order valence-electron chi connectivity index (χ1n) is 5.43. The van der Waals surface area contributed by atoms with Crippen molar-refractivity contribution in [1.29, 1.82) is 0 Å². The number of carboxylic acid groups (broad SMARTS) is 1. The number of nitrogens with two attached hydrogens (primary N) is 1. The molecule has 2 rings (SSSR count). The van der Waals surface area contributed by atoms with E-state index in [0.29, 0.717) is 0 Å². The maximum atomic E-state index is 10.9. The van der Waals surface area contributed by atoms with E-state index in [-0.39, 0.29) is 11.4 Å². The van der Waals surface area contributed by atoms with Gasteiger partial charge in [-0.1, -0.05) is 31.2 Å². The third-order valence-electron chi connectivity index (χ3n) is 2.75. The van der Waals surface area contributed by atoms with Crippen LogP contribution in [0, 0.1) is 0 Å². The van der Waals surface area contributed by atoms with Crippen molar-refractivity contribution in [3.63, 3.8) is 0 Å². The molecule has 0 aliphatic rings. The Bertz CT molecular complexity index is 541. The topological polar surface area (TPSA) is 79.1 Å². The zero-order chi connectivity index (χ0) is 12.4. The van der Waals surface area contributed by atoms with Crippen LogP contribution in [-0.4, -0.2) is 16.1 Å². The van der Waals surface area contributed by atoms with E-state index < -0.39 is 5.97 Å². The first-order valence-corrected chi connectivity index (χ1v) is 5.43. The standard InChI is InChI=1S/C13H14N2O2/c1-2-8-3-5-9(6-4-8)11-7-10(13(16)17)12(14)15-11/h3-7,15H,2,14H2,1H3,(H,16,17). The minimum absolute atomic E-state index is 0.111. The molecule has 0 unspecified atom stereocenters. The predicted octanol–water partition coefficient (Wildman–Crippen LogP) is 2.52. The number of nitrogen functional groups attached to an aromatic ring is 1. The van der Waals surface area contributed by atoms with Gasteiger partial charge in [0.1, 0.15) is 11.4 Å². The smallest absolute Gasteiger partial charge is 0.339 e. The number of benzene rings is 1. The third-order valence-corrected chi connectivity index (χ3v) is 2.75. The van der Waals surface area contributed by atoms with E-state index in [1.165, 1.54) is 5.56 Å². The van der Waals surface area contributed by atoms with E-state index >= 15 is 0 Å². The number of anilines is 1. The largest absolute Gasteiger partial charge is 0.478 e. The molecule has 17 heavy (non-hydrogen) atoms. The van der Waals surface area contributed by atoms with E-state index in [1.807, 2.05) is 24.3 Å². The monoisotopic (exact) mass is 230 g/mol. The van der Waals surface area contributed by atoms with Crippen LogP contribution in [0.4, 0.5) is 5.82 Å². The molecule has 1 aromatic carbocycles. The molecule has 0 saturated carbocycles. The molecule has 4 nitrogen and oxygen atoms in total. The van der Waals surface area contributed by atoms with Crippen LogP contribution in [0.2, 0.25) is 0 Å². The highest BCUT2D eigenvalue weighted by Gasteiger charge is 2.12. The Morgan fingerprint density at radius 3 is 2.47 bits per heavy atom. The number of aryl methyl sites for hydroxylation is 1. The summed E-state index contributed by atoms with van der Waals surface area (Å²) in [4.78, 5) is 13.7. The number of hydrogen-bond donors (Lipinski definition) is 3. The molecule has 0 saturated heterocycles. The third kappa shape index (κ3) is 2.15. The van der Waals surface area contributed by atoms with Crippen LogP contribution in [0.25, 0.3) is 11.3 Å². The number of carboxylic acids is 1. The van der Waals surface area contributed by atoms with Gasteiger partial charge in [0.2, 0.25) is 0 Å². The van der Waals surface area contributed by atoms with Crippen LogP contribution in [0.3, 0.4) is 0 Å². The van der Waals surface area contributed by atoms with Crippen molar-refractivity contribution in [3.8, 4) is 11.3 Å². The number of aromatic nitrogens is 1. The molecular formula is C13H14N2O2. The molecule has 0 radical (unpaired) electrons. The van der Waals surface area contributed by atoms with Gasteiger partial charge in [-0.15, -0.1) is 0 Å². The summed E-state index contributed by atoms with van der Waals surface area (Å²) in [6, 6.07) is 9.50. The van der Waals surface area contributed by atoms with Crippen molar-refractivity contribution in [1.82, 2.24) is 4.98 Å². The Hall–Kier alpha value is -2.23. The summed E-state index contributed by atoms with van der Waals surface area (Å²) < 4.78 is 0. The SMILES string of the molecule is CCc1ccc(-c2cc(C(=O)O)c(N)[nH]2)cc1. The molecule has 0 spiro atoms. The maximum absolute atomic E-state index is 10.9. The molecule has 0 atom stereocenters. The molecular weight excluding hydrogens is 216 g/mol. The number of H-pyrrole nitrogens is 1. The highest BCUT2D eigenvalue weighted by Crippen LogP contribution is 2.23. The fourth-order valence-electron chi connectivity index (χ4n) is 1.72. The lowest BCUT2D eigenvalue weighted by molar-refractivity contribution is 0.0698. The summed E-state index contributed by atoms with van der Waals surface area (Å²) in [5, 5.41) is 8.91. The minimum Gasteiger partial charge on any atom is -0.478 e. The second-order valence-corrected chi connectivity index (χ2v) is 3.87. The quantitative estimate of drug-likeness (QED) is 0.758. The molecule has 0 aliphatic heterocycles. The summed E-state index contributed by atoms with van der Waals surface area (Å²) in [5.74, 6) is -0.831. The first kappa shape index (κ1) is 11.3. The second kappa shape index (κ2) is 4.33. The first-order chi connectivity index (χ1) is 8.11. The van der Waals surface area contributed by atoms with Crippen LogP contribution in [0.1, 0.15) is 22.8 Å². The molecule has 4 N–H and O–H groups in total. The van der Waals surface area contributed by atoms with Crippen molar-refractivity contribution >= 4 is 11.8 Å².